The first-order valence-corrected chi connectivity index (χ1v) is 5.33. The van der Waals surface area contributed by atoms with Gasteiger partial charge in [0.1, 0.15) is 12.9 Å². The molecule has 0 saturated carbocycles. The van der Waals surface area contributed by atoms with Crippen LogP contribution in [0.1, 0.15) is 16.8 Å². The van der Waals surface area contributed by atoms with E-state index in [1.54, 1.807) is 24.3 Å². The Morgan fingerprint density at radius 1 is 1.33 bits per heavy atom. The second-order valence-corrected chi connectivity index (χ2v) is 3.50. The molecular formula is C12H13F2NO3. The lowest BCUT2D eigenvalue weighted by Gasteiger charge is -2.06. The van der Waals surface area contributed by atoms with Gasteiger partial charge in [-0.2, -0.15) is 0 Å². The molecule has 1 N–H and O–H groups in total. The van der Waals surface area contributed by atoms with Crippen molar-refractivity contribution < 1.29 is 23.1 Å². The molecule has 0 aromatic heterocycles. The van der Waals surface area contributed by atoms with Crippen LogP contribution in [0.5, 0.6) is 0 Å². The highest BCUT2D eigenvalue weighted by Crippen LogP contribution is 2.08. The van der Waals surface area contributed by atoms with E-state index in [0.29, 0.717) is 17.5 Å². The van der Waals surface area contributed by atoms with Crippen molar-refractivity contribution >= 4 is 17.9 Å². The molecule has 0 bridgehead atoms. The Morgan fingerprint density at radius 2 is 2.00 bits per heavy atom. The summed E-state index contributed by atoms with van der Waals surface area (Å²) in [4.78, 5) is 21.8. The highest BCUT2D eigenvalue weighted by atomic mass is 19.3. The van der Waals surface area contributed by atoms with E-state index in [4.69, 9.17) is 0 Å². The zero-order valence-electron chi connectivity index (χ0n) is 9.57. The number of hydrogen-bond donors (Lipinski definition) is 1. The van der Waals surface area contributed by atoms with E-state index in [1.165, 1.54) is 0 Å². The lowest BCUT2D eigenvalue weighted by Crippen LogP contribution is -2.15. The smallest absolute Gasteiger partial charge is 0.261 e. The summed E-state index contributed by atoms with van der Waals surface area (Å²) in [5, 5.41) is 2.56. The maximum absolute atomic E-state index is 11.7. The van der Waals surface area contributed by atoms with Gasteiger partial charge in [-0.1, -0.05) is 0 Å². The van der Waals surface area contributed by atoms with Crippen molar-refractivity contribution in [3.8, 4) is 0 Å². The van der Waals surface area contributed by atoms with Crippen LogP contribution in [-0.2, 0) is 9.53 Å². The number of aldehydes is 1. The normalized spacial score (nSPS) is 10.4. The van der Waals surface area contributed by atoms with Gasteiger partial charge in [0.2, 0.25) is 5.91 Å². The number of alkyl halides is 2. The summed E-state index contributed by atoms with van der Waals surface area (Å²) < 4.78 is 28.0. The van der Waals surface area contributed by atoms with Crippen molar-refractivity contribution in [2.45, 2.75) is 12.8 Å². The van der Waals surface area contributed by atoms with E-state index in [2.05, 4.69) is 10.1 Å². The van der Waals surface area contributed by atoms with Gasteiger partial charge in [-0.3, -0.25) is 9.59 Å². The van der Waals surface area contributed by atoms with E-state index in [9.17, 15) is 18.4 Å². The molecule has 0 aliphatic carbocycles. The number of hydrogen-bond acceptors (Lipinski definition) is 3. The Bertz CT molecular complexity index is 393. The Kier molecular flexibility index (Phi) is 5.93. The molecule has 0 fully saturated rings. The average Bonchev–Trinajstić information content (AvgIpc) is 2.35. The summed E-state index contributed by atoms with van der Waals surface area (Å²) in [5.41, 5.74) is 1.05. The molecule has 0 heterocycles. The van der Waals surface area contributed by atoms with E-state index in [1.807, 2.05) is 0 Å². The molecule has 1 amide bonds. The molecule has 1 aromatic rings. The fourth-order valence-corrected chi connectivity index (χ4v) is 1.21. The second kappa shape index (κ2) is 7.50. The first-order valence-electron chi connectivity index (χ1n) is 5.33. The first-order chi connectivity index (χ1) is 8.61. The number of nitrogens with one attached hydrogen (secondary N) is 1. The van der Waals surface area contributed by atoms with Gasteiger partial charge < -0.3 is 10.1 Å². The molecule has 4 nitrogen and oxygen atoms in total. The van der Waals surface area contributed by atoms with Crippen LogP contribution in [0, 0.1) is 0 Å². The molecule has 0 spiro atoms. The molecule has 0 radical (unpaired) electrons. The molecule has 1 aromatic carbocycles. The highest BCUT2D eigenvalue weighted by molar-refractivity contribution is 5.91. The Balaban J connectivity index is 2.28. The minimum Gasteiger partial charge on any atom is -0.375 e. The highest BCUT2D eigenvalue weighted by Gasteiger charge is 2.05. The third-order valence-corrected chi connectivity index (χ3v) is 2.05. The average molecular weight is 257 g/mol. The minimum absolute atomic E-state index is 0.00213. The molecule has 0 aliphatic rings. The Morgan fingerprint density at radius 3 is 2.56 bits per heavy atom. The number of carbonyl (C=O) groups is 2. The second-order valence-electron chi connectivity index (χ2n) is 3.50. The summed E-state index contributed by atoms with van der Waals surface area (Å²) in [6.45, 7) is -0.718. The van der Waals surface area contributed by atoms with Crippen LogP contribution in [0.15, 0.2) is 24.3 Å². The van der Waals surface area contributed by atoms with Gasteiger partial charge in [-0.25, -0.2) is 8.78 Å². The molecular weight excluding hydrogens is 244 g/mol. The molecule has 0 saturated heterocycles. The number of carbonyl (C=O) groups excluding carboxylic acids is 2. The van der Waals surface area contributed by atoms with Gasteiger partial charge in [0.15, 0.2) is 0 Å². The van der Waals surface area contributed by atoms with Gasteiger partial charge in [0.25, 0.3) is 6.43 Å². The van der Waals surface area contributed by atoms with Crippen LogP contribution in [-0.4, -0.2) is 31.8 Å². The van der Waals surface area contributed by atoms with E-state index < -0.39 is 13.0 Å². The predicted octanol–water partition coefficient (Wildman–Crippen LogP) is 2.11. The van der Waals surface area contributed by atoms with Gasteiger partial charge in [-0.15, -0.1) is 0 Å². The number of halogens is 2. The van der Waals surface area contributed by atoms with Crippen LogP contribution in [0.2, 0.25) is 0 Å². The fraction of sp³-hybridized carbons (Fsp3) is 0.333. The van der Waals surface area contributed by atoms with Crippen LogP contribution >= 0.6 is 0 Å². The lowest BCUT2D eigenvalue weighted by molar-refractivity contribution is -0.117. The fourth-order valence-electron chi connectivity index (χ4n) is 1.21. The third kappa shape index (κ3) is 5.49. The quantitative estimate of drug-likeness (QED) is 0.601. The molecule has 0 unspecified atom stereocenters. The number of anilines is 1. The van der Waals surface area contributed by atoms with Crippen molar-refractivity contribution in [2.75, 3.05) is 18.5 Å². The van der Waals surface area contributed by atoms with Gasteiger partial charge in [0.05, 0.1) is 13.0 Å². The van der Waals surface area contributed by atoms with Gasteiger partial charge in [0, 0.05) is 11.3 Å². The van der Waals surface area contributed by atoms with E-state index in [0.717, 1.165) is 0 Å². The Labute approximate surface area is 103 Å². The monoisotopic (exact) mass is 257 g/mol. The largest absolute Gasteiger partial charge is 0.375 e. The van der Waals surface area contributed by atoms with Crippen molar-refractivity contribution in [2.24, 2.45) is 0 Å². The third-order valence-electron chi connectivity index (χ3n) is 2.05. The molecule has 18 heavy (non-hydrogen) atoms. The summed E-state index contributed by atoms with van der Waals surface area (Å²) >= 11 is 0. The molecule has 98 valence electrons. The zero-order chi connectivity index (χ0) is 13.4. The van der Waals surface area contributed by atoms with Crippen LogP contribution < -0.4 is 5.32 Å². The van der Waals surface area contributed by atoms with Gasteiger partial charge >= 0.3 is 0 Å². The van der Waals surface area contributed by atoms with E-state index in [-0.39, 0.29) is 18.9 Å². The molecule has 0 aliphatic heterocycles. The lowest BCUT2D eigenvalue weighted by atomic mass is 10.2. The SMILES string of the molecule is O=Cc1ccc(NC(=O)CCOCC(F)F)cc1. The predicted molar refractivity (Wildman–Crippen MR) is 61.9 cm³/mol. The Hall–Kier alpha value is -1.82. The number of rotatable bonds is 7. The summed E-state index contributed by atoms with van der Waals surface area (Å²) in [6, 6.07) is 6.30. The summed E-state index contributed by atoms with van der Waals surface area (Å²) in [7, 11) is 0. The number of ether oxygens (including phenoxy) is 1. The molecule has 6 heteroatoms. The van der Waals surface area contributed by atoms with Crippen LogP contribution in [0.25, 0.3) is 0 Å². The van der Waals surface area contributed by atoms with Crippen molar-refractivity contribution in [1.29, 1.82) is 0 Å². The van der Waals surface area contributed by atoms with Crippen molar-refractivity contribution in [1.82, 2.24) is 0 Å². The number of amides is 1. The topological polar surface area (TPSA) is 55.4 Å². The number of benzene rings is 1. The standard InChI is InChI=1S/C12H13F2NO3/c13-11(14)8-18-6-5-12(17)15-10-3-1-9(7-16)2-4-10/h1-4,7,11H,5-6,8H2,(H,15,17). The van der Waals surface area contributed by atoms with Gasteiger partial charge in [-0.05, 0) is 24.3 Å². The summed E-state index contributed by atoms with van der Waals surface area (Å²) in [6.07, 6.45) is -1.82. The first kappa shape index (κ1) is 14.2. The summed E-state index contributed by atoms with van der Waals surface area (Å²) in [5.74, 6) is -0.330. The minimum atomic E-state index is -2.52. The van der Waals surface area contributed by atoms with Crippen molar-refractivity contribution in [3.05, 3.63) is 29.8 Å². The maximum atomic E-state index is 11.7. The molecule has 0 atom stereocenters. The zero-order valence-corrected chi connectivity index (χ0v) is 9.57. The van der Waals surface area contributed by atoms with Crippen molar-refractivity contribution in [3.63, 3.8) is 0 Å². The molecule has 1 rings (SSSR count). The van der Waals surface area contributed by atoms with Crippen LogP contribution in [0.4, 0.5) is 14.5 Å². The van der Waals surface area contributed by atoms with E-state index >= 15 is 0 Å². The maximum Gasteiger partial charge on any atom is 0.261 e. The van der Waals surface area contributed by atoms with Crippen LogP contribution in [0.3, 0.4) is 0 Å².